The van der Waals surface area contributed by atoms with E-state index in [0.717, 1.165) is 0 Å². The van der Waals surface area contributed by atoms with Gasteiger partial charge in [0.1, 0.15) is 18.8 Å². The fourth-order valence-electron chi connectivity index (χ4n) is 3.27. The molecule has 3 rings (SSSR count). The molecule has 1 saturated carbocycles. The number of aromatic nitrogens is 2. The summed E-state index contributed by atoms with van der Waals surface area (Å²) in [6.07, 6.45) is 3.92. The van der Waals surface area contributed by atoms with Crippen molar-refractivity contribution >= 4 is 11.6 Å². The van der Waals surface area contributed by atoms with Crippen molar-refractivity contribution in [3.05, 3.63) is 51.9 Å². The fourth-order valence-corrected chi connectivity index (χ4v) is 3.27. The molecule has 3 N–H and O–H groups in total. The van der Waals surface area contributed by atoms with Crippen LogP contribution in [0.4, 0.5) is 5.82 Å². The Morgan fingerprint density at radius 1 is 1.48 bits per heavy atom. The average molecular weight is 406 g/mol. The van der Waals surface area contributed by atoms with Crippen LogP contribution in [0.1, 0.15) is 48.4 Å². The maximum absolute atomic E-state index is 12.8. The van der Waals surface area contributed by atoms with Gasteiger partial charge in [0.25, 0.3) is 5.09 Å². The molecule has 0 bridgehead atoms. The molecule has 0 radical (unpaired) electrons. The molecule has 0 unspecified atom stereocenters. The maximum Gasteiger partial charge on any atom is 0.294 e. The summed E-state index contributed by atoms with van der Waals surface area (Å²) in [6.45, 7) is 2.96. The van der Waals surface area contributed by atoms with Gasteiger partial charge in [0.2, 0.25) is 5.78 Å². The molecule has 0 saturated heterocycles. The first-order valence-electron chi connectivity index (χ1n) is 9.03. The van der Waals surface area contributed by atoms with E-state index >= 15 is 0 Å². The largest absolute Gasteiger partial charge is 0.460 e. The van der Waals surface area contributed by atoms with Gasteiger partial charge in [-0.05, 0) is 32.8 Å². The highest BCUT2D eigenvalue weighted by Crippen LogP contribution is 2.30. The third-order valence-corrected chi connectivity index (χ3v) is 4.88. The van der Waals surface area contributed by atoms with Crippen molar-refractivity contribution in [3.8, 4) is 0 Å². The van der Waals surface area contributed by atoms with Gasteiger partial charge in [-0.1, -0.05) is 0 Å². The zero-order chi connectivity index (χ0) is 21.2. The minimum atomic E-state index is -1.16. The number of nitrogens with zero attached hydrogens (tertiary/aromatic N) is 3. The van der Waals surface area contributed by atoms with Gasteiger partial charge in [0, 0.05) is 23.7 Å². The van der Waals surface area contributed by atoms with Crippen LogP contribution in [0.3, 0.4) is 0 Å². The van der Waals surface area contributed by atoms with Crippen molar-refractivity contribution in [2.45, 2.75) is 44.4 Å². The first-order valence-corrected chi connectivity index (χ1v) is 9.03. The minimum absolute atomic E-state index is 0.0312. The number of carbonyl (C=O) groups is 1. The Balaban J connectivity index is 1.73. The van der Waals surface area contributed by atoms with E-state index < -0.39 is 28.5 Å². The van der Waals surface area contributed by atoms with Gasteiger partial charge in [0.05, 0.1) is 23.5 Å². The van der Waals surface area contributed by atoms with Crippen molar-refractivity contribution in [2.75, 3.05) is 11.9 Å². The van der Waals surface area contributed by atoms with Crippen LogP contribution in [0.5, 0.6) is 0 Å². The van der Waals surface area contributed by atoms with Crippen molar-refractivity contribution < 1.29 is 29.3 Å². The SMILES string of the molecule is CC(C)(O)c1coc(C(=O)c2cncnc2N[C@@H]2C[C@H](CO[N+](=O)[O-])[C@@H](O)C2)c1. The van der Waals surface area contributed by atoms with Crippen LogP contribution in [0.2, 0.25) is 0 Å². The number of rotatable bonds is 8. The van der Waals surface area contributed by atoms with Gasteiger partial charge >= 0.3 is 0 Å². The van der Waals surface area contributed by atoms with Gasteiger partial charge in [-0.3, -0.25) is 4.79 Å². The maximum atomic E-state index is 12.8. The lowest BCUT2D eigenvalue weighted by molar-refractivity contribution is -0.759. The Hall–Kier alpha value is -3.05. The molecule has 3 atom stereocenters. The molecule has 1 aliphatic rings. The molecule has 11 heteroatoms. The highest BCUT2D eigenvalue weighted by atomic mass is 16.9. The summed E-state index contributed by atoms with van der Waals surface area (Å²) in [5.41, 5.74) is -0.527. The summed E-state index contributed by atoms with van der Waals surface area (Å²) in [4.78, 5) is 35.6. The molecule has 2 heterocycles. The number of anilines is 1. The fraction of sp³-hybridized carbons (Fsp3) is 0.500. The zero-order valence-electron chi connectivity index (χ0n) is 15.9. The zero-order valence-corrected chi connectivity index (χ0v) is 15.9. The number of hydrogen-bond donors (Lipinski definition) is 3. The average Bonchev–Trinajstić information content (AvgIpc) is 3.27. The first-order chi connectivity index (χ1) is 13.6. The number of carbonyl (C=O) groups excluding carboxylic acids is 1. The van der Waals surface area contributed by atoms with E-state index in [0.29, 0.717) is 18.4 Å². The van der Waals surface area contributed by atoms with Gasteiger partial charge in [-0.15, -0.1) is 10.1 Å². The number of ketones is 1. The van der Waals surface area contributed by atoms with E-state index in [4.69, 9.17) is 4.42 Å². The van der Waals surface area contributed by atoms with Crippen LogP contribution in [-0.4, -0.2) is 49.8 Å². The summed E-state index contributed by atoms with van der Waals surface area (Å²) in [5.74, 6) is -0.573. The quantitative estimate of drug-likeness (QED) is 0.331. The Morgan fingerprint density at radius 3 is 2.90 bits per heavy atom. The summed E-state index contributed by atoms with van der Waals surface area (Å²) >= 11 is 0. The van der Waals surface area contributed by atoms with Crippen molar-refractivity contribution in [3.63, 3.8) is 0 Å². The first kappa shape index (κ1) is 20.7. The van der Waals surface area contributed by atoms with Crippen molar-refractivity contribution in [2.24, 2.45) is 5.92 Å². The van der Waals surface area contributed by atoms with Crippen LogP contribution >= 0.6 is 0 Å². The monoisotopic (exact) mass is 406 g/mol. The molecule has 2 aromatic rings. The van der Waals surface area contributed by atoms with Crippen molar-refractivity contribution in [1.29, 1.82) is 0 Å². The van der Waals surface area contributed by atoms with Gasteiger partial charge < -0.3 is 24.8 Å². The van der Waals surface area contributed by atoms with E-state index in [-0.39, 0.29) is 29.8 Å². The molecule has 1 aliphatic carbocycles. The molecule has 0 amide bonds. The third-order valence-electron chi connectivity index (χ3n) is 4.88. The van der Waals surface area contributed by atoms with Crippen molar-refractivity contribution in [1.82, 2.24) is 9.97 Å². The number of hydrogen-bond acceptors (Lipinski definition) is 10. The third kappa shape index (κ3) is 4.87. The lowest BCUT2D eigenvalue weighted by atomic mass is 10.0. The van der Waals surface area contributed by atoms with E-state index in [1.54, 1.807) is 13.8 Å². The van der Waals surface area contributed by atoms with Crippen LogP contribution in [-0.2, 0) is 10.4 Å². The highest BCUT2D eigenvalue weighted by Gasteiger charge is 2.34. The molecule has 29 heavy (non-hydrogen) atoms. The molecule has 11 nitrogen and oxygen atoms in total. The second kappa shape index (κ2) is 8.13. The predicted octanol–water partition coefficient (Wildman–Crippen LogP) is 1.29. The Kier molecular flexibility index (Phi) is 5.80. The Bertz CT molecular complexity index is 892. The van der Waals surface area contributed by atoms with Crippen LogP contribution in [0, 0.1) is 16.0 Å². The number of aliphatic hydroxyl groups is 2. The summed E-state index contributed by atoms with van der Waals surface area (Å²) in [5, 5.41) is 32.7. The predicted molar refractivity (Wildman–Crippen MR) is 98.5 cm³/mol. The Labute approximate surface area is 165 Å². The highest BCUT2D eigenvalue weighted by molar-refractivity contribution is 6.10. The van der Waals surface area contributed by atoms with Gasteiger partial charge in [0.15, 0.2) is 5.76 Å². The second-order valence-electron chi connectivity index (χ2n) is 7.53. The van der Waals surface area contributed by atoms with Gasteiger partial charge in [-0.25, -0.2) is 9.97 Å². The molecule has 0 aromatic carbocycles. The molecule has 1 fully saturated rings. The lowest BCUT2D eigenvalue weighted by Crippen LogP contribution is -2.20. The molecule has 2 aromatic heterocycles. The Morgan fingerprint density at radius 2 is 2.24 bits per heavy atom. The summed E-state index contributed by atoms with van der Waals surface area (Å²) < 4.78 is 5.31. The smallest absolute Gasteiger partial charge is 0.294 e. The molecular weight excluding hydrogens is 384 g/mol. The van der Waals surface area contributed by atoms with E-state index in [9.17, 15) is 25.1 Å². The summed E-state index contributed by atoms with van der Waals surface area (Å²) in [6, 6.07) is 1.21. The molecule has 0 spiro atoms. The lowest BCUT2D eigenvalue weighted by Gasteiger charge is -2.15. The molecular formula is C18H22N4O7. The number of aliphatic hydroxyl groups excluding tert-OH is 1. The minimum Gasteiger partial charge on any atom is -0.460 e. The standard InChI is InChI=1S/C18H22N4O7/c1-18(2,25)11-4-15(28-8-11)16(24)13-6-19-9-20-17(13)21-12-3-10(14(23)5-12)7-29-22(26)27/h4,6,8-10,12,14,23,25H,3,5,7H2,1-2H3,(H,19,20,21)/t10-,12-,14+/m1/s1. The van der Waals surface area contributed by atoms with Crippen LogP contribution in [0.15, 0.2) is 29.3 Å². The second-order valence-corrected chi connectivity index (χ2v) is 7.53. The molecule has 0 aliphatic heterocycles. The van der Waals surface area contributed by atoms with Crippen LogP contribution in [0.25, 0.3) is 0 Å². The number of furan rings is 1. The van der Waals surface area contributed by atoms with E-state index in [2.05, 4.69) is 20.1 Å². The topological polar surface area (TPSA) is 161 Å². The summed E-state index contributed by atoms with van der Waals surface area (Å²) in [7, 11) is 0. The molecule has 156 valence electrons. The van der Waals surface area contributed by atoms with Gasteiger partial charge in [-0.2, -0.15) is 0 Å². The van der Waals surface area contributed by atoms with E-state index in [1.807, 2.05) is 0 Å². The normalized spacial score (nSPS) is 21.7. The van der Waals surface area contributed by atoms with Crippen LogP contribution < -0.4 is 5.32 Å². The number of nitrogens with one attached hydrogen (secondary N) is 1. The van der Waals surface area contributed by atoms with E-state index in [1.165, 1.54) is 24.9 Å².